The van der Waals surface area contributed by atoms with Gasteiger partial charge in [0.2, 0.25) is 0 Å². The first-order chi connectivity index (χ1) is 10.8. The van der Waals surface area contributed by atoms with Gasteiger partial charge in [-0.05, 0) is 36.8 Å². The highest BCUT2D eigenvalue weighted by Crippen LogP contribution is 2.36. The lowest BCUT2D eigenvalue weighted by Gasteiger charge is -2.17. The Morgan fingerprint density at radius 1 is 1.26 bits per heavy atom. The third kappa shape index (κ3) is 2.64. The highest BCUT2D eigenvalue weighted by molar-refractivity contribution is 7.17. The molecule has 0 amide bonds. The van der Waals surface area contributed by atoms with Crippen molar-refractivity contribution in [2.24, 2.45) is 0 Å². The van der Waals surface area contributed by atoms with Gasteiger partial charge in [0.1, 0.15) is 5.82 Å². The van der Waals surface area contributed by atoms with Crippen LogP contribution < -0.4 is 0 Å². The van der Waals surface area contributed by atoms with Crippen molar-refractivity contribution in [3.8, 4) is 17.3 Å². The van der Waals surface area contributed by atoms with E-state index >= 15 is 0 Å². The molecule has 2 heterocycles. The number of aryl methyl sites for hydroxylation is 1. The summed E-state index contributed by atoms with van der Waals surface area (Å²) in [5.41, 5.74) is 3.68. The maximum absolute atomic E-state index is 13.2. The Bertz CT molecular complexity index is 905. The highest BCUT2D eigenvalue weighted by atomic mass is 32.1. The second-order valence-electron chi connectivity index (χ2n) is 6.62. The van der Waals surface area contributed by atoms with Gasteiger partial charge in [-0.3, -0.25) is 4.40 Å². The summed E-state index contributed by atoms with van der Waals surface area (Å²) in [6.45, 7) is 8.34. The van der Waals surface area contributed by atoms with Gasteiger partial charge in [-0.2, -0.15) is 5.26 Å². The van der Waals surface area contributed by atoms with Crippen molar-refractivity contribution >= 4 is 16.3 Å². The number of imidazole rings is 1. The van der Waals surface area contributed by atoms with Gasteiger partial charge in [0, 0.05) is 10.3 Å². The molecule has 0 N–H and O–H groups in total. The first kappa shape index (κ1) is 15.7. The molecule has 0 saturated heterocycles. The summed E-state index contributed by atoms with van der Waals surface area (Å²) in [5, 5.41) is 9.26. The Labute approximate surface area is 139 Å². The van der Waals surface area contributed by atoms with Gasteiger partial charge in [-0.1, -0.05) is 20.8 Å². The van der Waals surface area contributed by atoms with E-state index in [1.54, 1.807) is 23.5 Å². The zero-order valence-electron chi connectivity index (χ0n) is 13.6. The van der Waals surface area contributed by atoms with Gasteiger partial charge in [-0.25, -0.2) is 9.37 Å². The van der Waals surface area contributed by atoms with Crippen molar-refractivity contribution < 1.29 is 4.39 Å². The molecule has 0 aliphatic rings. The van der Waals surface area contributed by atoms with Crippen LogP contribution in [-0.4, -0.2) is 9.38 Å². The number of thiazole rings is 1. The van der Waals surface area contributed by atoms with Crippen LogP contribution in [0.1, 0.15) is 37.0 Å². The molecule has 23 heavy (non-hydrogen) atoms. The number of hydrogen-bond donors (Lipinski definition) is 0. The van der Waals surface area contributed by atoms with Crippen molar-refractivity contribution in [3.05, 3.63) is 46.3 Å². The predicted molar refractivity (Wildman–Crippen MR) is 91.2 cm³/mol. The van der Waals surface area contributed by atoms with Gasteiger partial charge in [-0.15, -0.1) is 11.3 Å². The Kier molecular flexibility index (Phi) is 3.73. The van der Waals surface area contributed by atoms with Gasteiger partial charge in [0.25, 0.3) is 0 Å². The van der Waals surface area contributed by atoms with Crippen LogP contribution >= 0.6 is 11.3 Å². The largest absolute Gasteiger partial charge is 0.286 e. The minimum Gasteiger partial charge on any atom is -0.286 e. The third-order valence-electron chi connectivity index (χ3n) is 3.82. The summed E-state index contributed by atoms with van der Waals surface area (Å²) in [4.78, 5) is 6.78. The number of rotatable bonds is 2. The highest BCUT2D eigenvalue weighted by Gasteiger charge is 2.26. The van der Waals surface area contributed by atoms with Gasteiger partial charge >= 0.3 is 0 Å². The lowest BCUT2D eigenvalue weighted by molar-refractivity contribution is 0.566. The van der Waals surface area contributed by atoms with Crippen molar-refractivity contribution in [3.63, 3.8) is 0 Å². The Balaban J connectivity index is 2.34. The number of benzene rings is 1. The predicted octanol–water partition coefficient (Wildman–Crippen LogP) is 4.87. The van der Waals surface area contributed by atoms with E-state index in [-0.39, 0.29) is 11.2 Å². The van der Waals surface area contributed by atoms with E-state index in [0.29, 0.717) is 6.42 Å². The molecule has 0 unspecified atom stereocenters. The van der Waals surface area contributed by atoms with Crippen molar-refractivity contribution in [2.75, 3.05) is 0 Å². The van der Waals surface area contributed by atoms with Crippen LogP contribution in [0.4, 0.5) is 4.39 Å². The second-order valence-corrected chi connectivity index (χ2v) is 7.81. The van der Waals surface area contributed by atoms with E-state index in [2.05, 4.69) is 31.2 Å². The fourth-order valence-corrected chi connectivity index (χ4v) is 3.86. The molecule has 0 aliphatic carbocycles. The summed E-state index contributed by atoms with van der Waals surface area (Å²) >= 11 is 1.60. The molecule has 0 radical (unpaired) electrons. The number of halogens is 1. The SMILES string of the molecule is Cc1sc2nc(C(C)(C)C)c(CC#N)n2c1-c1ccc(F)cc1. The second kappa shape index (κ2) is 5.47. The van der Waals surface area contributed by atoms with Crippen LogP contribution in [0.25, 0.3) is 16.2 Å². The standard InChI is InChI=1S/C18H18FN3S/c1-11-15(12-5-7-13(19)8-6-12)22-14(9-10-20)16(18(2,3)4)21-17(22)23-11/h5-8H,9H2,1-4H3. The number of fused-ring (bicyclic) bond motifs is 1. The van der Waals surface area contributed by atoms with Gasteiger partial charge in [0.05, 0.1) is 29.6 Å². The lowest BCUT2D eigenvalue weighted by atomic mass is 9.90. The van der Waals surface area contributed by atoms with Crippen LogP contribution in [0.5, 0.6) is 0 Å². The van der Waals surface area contributed by atoms with Crippen LogP contribution in [0.15, 0.2) is 24.3 Å². The smallest absolute Gasteiger partial charge is 0.194 e. The Hall–Kier alpha value is -2.19. The zero-order chi connectivity index (χ0) is 16.8. The fourth-order valence-electron chi connectivity index (χ4n) is 2.85. The summed E-state index contributed by atoms with van der Waals surface area (Å²) in [5.74, 6) is -0.254. The van der Waals surface area contributed by atoms with Crippen LogP contribution in [0.3, 0.4) is 0 Å². The molecule has 0 bridgehead atoms. The van der Waals surface area contributed by atoms with E-state index in [0.717, 1.165) is 32.5 Å². The van der Waals surface area contributed by atoms with Crippen molar-refractivity contribution in [1.29, 1.82) is 5.26 Å². The number of nitrogens with zero attached hydrogens (tertiary/aromatic N) is 3. The average Bonchev–Trinajstić information content (AvgIpc) is 2.96. The fraction of sp³-hybridized carbons (Fsp3) is 0.333. The monoisotopic (exact) mass is 327 g/mol. The third-order valence-corrected chi connectivity index (χ3v) is 4.77. The van der Waals surface area contributed by atoms with E-state index in [9.17, 15) is 9.65 Å². The molecular formula is C18H18FN3S. The Morgan fingerprint density at radius 3 is 2.48 bits per heavy atom. The number of aromatic nitrogens is 2. The molecule has 0 spiro atoms. The van der Waals surface area contributed by atoms with E-state index in [1.807, 2.05) is 6.92 Å². The molecule has 2 aromatic heterocycles. The summed E-state index contributed by atoms with van der Waals surface area (Å²) in [6, 6.07) is 8.73. The molecule has 1 aromatic carbocycles. The van der Waals surface area contributed by atoms with Crippen LogP contribution in [0, 0.1) is 24.1 Å². The quantitative estimate of drug-likeness (QED) is 0.673. The lowest BCUT2D eigenvalue weighted by Crippen LogP contribution is -2.15. The van der Waals surface area contributed by atoms with Crippen LogP contribution in [-0.2, 0) is 11.8 Å². The average molecular weight is 327 g/mol. The van der Waals surface area contributed by atoms with E-state index in [1.165, 1.54) is 12.1 Å². The molecule has 3 nitrogen and oxygen atoms in total. The van der Waals surface area contributed by atoms with Crippen molar-refractivity contribution in [2.45, 2.75) is 39.5 Å². The van der Waals surface area contributed by atoms with E-state index < -0.39 is 0 Å². The van der Waals surface area contributed by atoms with Crippen molar-refractivity contribution in [1.82, 2.24) is 9.38 Å². The van der Waals surface area contributed by atoms with Gasteiger partial charge in [0.15, 0.2) is 4.96 Å². The summed E-state index contributed by atoms with van der Waals surface area (Å²) in [6.07, 6.45) is 0.304. The topological polar surface area (TPSA) is 41.1 Å². The van der Waals surface area contributed by atoms with Crippen LogP contribution in [0.2, 0.25) is 0 Å². The molecule has 0 fully saturated rings. The maximum atomic E-state index is 13.2. The van der Waals surface area contributed by atoms with E-state index in [4.69, 9.17) is 4.98 Å². The Morgan fingerprint density at radius 2 is 1.91 bits per heavy atom. The molecule has 118 valence electrons. The molecule has 0 saturated carbocycles. The first-order valence-electron chi connectivity index (χ1n) is 7.47. The summed E-state index contributed by atoms with van der Waals surface area (Å²) < 4.78 is 15.3. The minimum absolute atomic E-state index is 0.133. The normalized spacial score (nSPS) is 11.8. The zero-order valence-corrected chi connectivity index (χ0v) is 14.5. The summed E-state index contributed by atoms with van der Waals surface area (Å²) in [7, 11) is 0. The van der Waals surface area contributed by atoms with Gasteiger partial charge < -0.3 is 0 Å². The molecule has 5 heteroatoms. The molecule has 3 rings (SSSR count). The maximum Gasteiger partial charge on any atom is 0.194 e. The number of nitriles is 1. The molecule has 0 atom stereocenters. The minimum atomic E-state index is -0.254. The molecule has 3 aromatic rings. The first-order valence-corrected chi connectivity index (χ1v) is 8.28. The molecular weight excluding hydrogens is 309 g/mol. The molecule has 0 aliphatic heterocycles. The number of hydrogen-bond acceptors (Lipinski definition) is 3.